The maximum atomic E-state index is 13.5. The molecule has 0 spiro atoms. The molecule has 8 heteroatoms. The Kier molecular flexibility index (Phi) is 4.46. The molecule has 20 heavy (non-hydrogen) atoms. The Morgan fingerprint density at radius 1 is 1.35 bits per heavy atom. The van der Waals surface area contributed by atoms with Gasteiger partial charge in [0, 0.05) is 4.47 Å². The second-order valence-electron chi connectivity index (χ2n) is 4.01. The lowest BCUT2D eigenvalue weighted by Gasteiger charge is -2.18. The summed E-state index contributed by atoms with van der Waals surface area (Å²) in [7, 11) is 0. The van der Waals surface area contributed by atoms with E-state index in [-0.39, 0.29) is 18.4 Å². The van der Waals surface area contributed by atoms with Gasteiger partial charge in [-0.1, -0.05) is 15.9 Å². The Bertz CT molecular complexity index is 606. The van der Waals surface area contributed by atoms with Gasteiger partial charge in [-0.3, -0.25) is 0 Å². The number of anilines is 2. The van der Waals surface area contributed by atoms with Crippen LogP contribution in [0, 0.1) is 11.6 Å². The molecule has 2 aromatic rings. The molecule has 0 aliphatic heterocycles. The smallest absolute Gasteiger partial charge is 0.222 e. The summed E-state index contributed by atoms with van der Waals surface area (Å²) in [5.74, 6) is -1.45. The van der Waals surface area contributed by atoms with Crippen molar-refractivity contribution >= 4 is 27.7 Å². The van der Waals surface area contributed by atoms with Gasteiger partial charge in [0.05, 0.1) is 18.8 Å². The molecule has 0 saturated carbocycles. The van der Waals surface area contributed by atoms with E-state index < -0.39 is 17.7 Å². The number of hydrogen-bond acceptors (Lipinski definition) is 5. The van der Waals surface area contributed by atoms with Gasteiger partial charge in [0.2, 0.25) is 5.95 Å². The molecular weight excluding hydrogens is 334 g/mol. The third-order valence-corrected chi connectivity index (χ3v) is 3.00. The zero-order chi connectivity index (χ0) is 14.7. The normalized spacial score (nSPS) is 12.2. The Labute approximate surface area is 122 Å². The molecular formula is C12H11BrF2N4O. The number of nitrogens with one attached hydrogen (secondary N) is 1. The van der Waals surface area contributed by atoms with Crippen molar-refractivity contribution in [1.82, 2.24) is 9.97 Å². The van der Waals surface area contributed by atoms with Crippen molar-refractivity contribution in [3.05, 3.63) is 46.1 Å². The van der Waals surface area contributed by atoms with Gasteiger partial charge in [-0.2, -0.15) is 4.98 Å². The number of rotatable bonds is 4. The lowest BCUT2D eigenvalue weighted by molar-refractivity contribution is 0.275. The highest BCUT2D eigenvalue weighted by Gasteiger charge is 2.15. The molecule has 0 saturated heterocycles. The van der Waals surface area contributed by atoms with Crippen LogP contribution in [-0.2, 0) is 0 Å². The second kappa shape index (κ2) is 6.10. The fourth-order valence-corrected chi connectivity index (χ4v) is 2.14. The number of nitrogens with two attached hydrogens (primary N) is 1. The number of aliphatic hydroxyl groups excluding tert-OH is 1. The van der Waals surface area contributed by atoms with E-state index in [4.69, 9.17) is 5.73 Å². The molecule has 0 aliphatic carbocycles. The van der Waals surface area contributed by atoms with Gasteiger partial charge in [0.15, 0.2) is 11.6 Å². The highest BCUT2D eigenvalue weighted by atomic mass is 79.9. The Hall–Kier alpha value is -1.80. The van der Waals surface area contributed by atoms with Crippen LogP contribution < -0.4 is 11.1 Å². The summed E-state index contributed by atoms with van der Waals surface area (Å²) in [5.41, 5.74) is 5.81. The fourth-order valence-electron chi connectivity index (χ4n) is 1.66. The molecule has 1 aromatic heterocycles. The fraction of sp³-hybridized carbons (Fsp3) is 0.167. The van der Waals surface area contributed by atoms with Crippen LogP contribution in [0.15, 0.2) is 28.9 Å². The first-order chi connectivity index (χ1) is 9.49. The predicted octanol–water partition coefficient (Wildman–Crippen LogP) is 2.25. The summed E-state index contributed by atoms with van der Waals surface area (Å²) in [5, 5.41) is 12.1. The minimum atomic E-state index is -0.731. The number of benzene rings is 1. The molecule has 1 unspecified atom stereocenters. The molecule has 4 N–H and O–H groups in total. The SMILES string of the molecule is Nc1ncc(F)c(NC(CO)c2cc(F)cc(Br)c2)n1. The molecule has 0 amide bonds. The minimum absolute atomic E-state index is 0.106. The zero-order valence-electron chi connectivity index (χ0n) is 10.1. The van der Waals surface area contributed by atoms with E-state index in [1.165, 1.54) is 12.1 Å². The lowest BCUT2D eigenvalue weighted by atomic mass is 10.1. The van der Waals surface area contributed by atoms with E-state index >= 15 is 0 Å². The molecule has 2 rings (SSSR count). The summed E-state index contributed by atoms with van der Waals surface area (Å²) >= 11 is 3.15. The predicted molar refractivity (Wildman–Crippen MR) is 74.0 cm³/mol. The van der Waals surface area contributed by atoms with Crippen molar-refractivity contribution in [2.75, 3.05) is 17.7 Å². The average molecular weight is 345 g/mol. The highest BCUT2D eigenvalue weighted by molar-refractivity contribution is 9.10. The van der Waals surface area contributed by atoms with Crippen molar-refractivity contribution in [2.24, 2.45) is 0 Å². The van der Waals surface area contributed by atoms with Crippen molar-refractivity contribution in [2.45, 2.75) is 6.04 Å². The van der Waals surface area contributed by atoms with Gasteiger partial charge < -0.3 is 16.2 Å². The molecule has 0 aliphatic rings. The number of halogens is 3. The molecule has 0 radical (unpaired) electrons. The topological polar surface area (TPSA) is 84.1 Å². The standard InChI is InChI=1S/C12H11BrF2N4O/c13-7-1-6(2-8(14)3-7)10(5-20)18-11-9(15)4-17-12(16)19-11/h1-4,10,20H,5H2,(H3,16,17,18,19). The molecule has 1 atom stereocenters. The molecule has 5 nitrogen and oxygen atoms in total. The zero-order valence-corrected chi connectivity index (χ0v) is 11.7. The van der Waals surface area contributed by atoms with Gasteiger partial charge in [0.1, 0.15) is 5.82 Å². The summed E-state index contributed by atoms with van der Waals surface area (Å²) < 4.78 is 27.4. The largest absolute Gasteiger partial charge is 0.394 e. The van der Waals surface area contributed by atoms with Crippen LogP contribution in [0.2, 0.25) is 0 Å². The van der Waals surface area contributed by atoms with Crippen LogP contribution >= 0.6 is 15.9 Å². The maximum absolute atomic E-state index is 13.5. The van der Waals surface area contributed by atoms with E-state index in [1.807, 2.05) is 0 Å². The van der Waals surface area contributed by atoms with Gasteiger partial charge >= 0.3 is 0 Å². The number of nitrogens with zero attached hydrogens (tertiary/aromatic N) is 2. The molecule has 1 aromatic carbocycles. The molecule has 0 bridgehead atoms. The number of hydrogen-bond donors (Lipinski definition) is 3. The van der Waals surface area contributed by atoms with Gasteiger partial charge in [0.25, 0.3) is 0 Å². The Morgan fingerprint density at radius 2 is 2.10 bits per heavy atom. The van der Waals surface area contributed by atoms with Crippen LogP contribution in [0.3, 0.4) is 0 Å². The minimum Gasteiger partial charge on any atom is -0.394 e. The van der Waals surface area contributed by atoms with Crippen LogP contribution in [-0.4, -0.2) is 21.7 Å². The van der Waals surface area contributed by atoms with Crippen LogP contribution in [0.5, 0.6) is 0 Å². The quantitative estimate of drug-likeness (QED) is 0.792. The highest BCUT2D eigenvalue weighted by Crippen LogP contribution is 2.24. The molecule has 106 valence electrons. The number of nitrogen functional groups attached to an aromatic ring is 1. The number of aliphatic hydroxyl groups is 1. The molecule has 0 fully saturated rings. The third kappa shape index (κ3) is 3.40. The summed E-state index contributed by atoms with van der Waals surface area (Å²) in [6.45, 7) is -0.376. The van der Waals surface area contributed by atoms with E-state index in [9.17, 15) is 13.9 Å². The van der Waals surface area contributed by atoms with Crippen LogP contribution in [0.25, 0.3) is 0 Å². The van der Waals surface area contributed by atoms with Gasteiger partial charge in [-0.05, 0) is 23.8 Å². The first kappa shape index (κ1) is 14.6. The van der Waals surface area contributed by atoms with E-state index in [0.717, 1.165) is 6.20 Å². The average Bonchev–Trinajstić information content (AvgIpc) is 2.38. The van der Waals surface area contributed by atoms with E-state index in [0.29, 0.717) is 10.0 Å². The second-order valence-corrected chi connectivity index (χ2v) is 4.92. The Morgan fingerprint density at radius 3 is 2.75 bits per heavy atom. The van der Waals surface area contributed by atoms with Crippen molar-refractivity contribution < 1.29 is 13.9 Å². The monoisotopic (exact) mass is 344 g/mol. The van der Waals surface area contributed by atoms with E-state index in [1.54, 1.807) is 6.07 Å². The van der Waals surface area contributed by atoms with Crippen molar-refractivity contribution in [1.29, 1.82) is 0 Å². The first-order valence-corrected chi connectivity index (χ1v) is 6.40. The number of aromatic nitrogens is 2. The third-order valence-electron chi connectivity index (χ3n) is 2.54. The Balaban J connectivity index is 2.30. The summed E-state index contributed by atoms with van der Waals surface area (Å²) in [6, 6.07) is 3.40. The van der Waals surface area contributed by atoms with Crippen molar-refractivity contribution in [3.63, 3.8) is 0 Å². The summed E-state index contributed by atoms with van der Waals surface area (Å²) in [4.78, 5) is 7.19. The maximum Gasteiger partial charge on any atom is 0.222 e. The van der Waals surface area contributed by atoms with Gasteiger partial charge in [-0.25, -0.2) is 13.8 Å². The summed E-state index contributed by atoms with van der Waals surface area (Å²) in [6.07, 6.45) is 0.917. The van der Waals surface area contributed by atoms with Crippen LogP contribution in [0.4, 0.5) is 20.5 Å². The lowest BCUT2D eigenvalue weighted by Crippen LogP contribution is -2.17. The van der Waals surface area contributed by atoms with E-state index in [2.05, 4.69) is 31.2 Å². The van der Waals surface area contributed by atoms with Crippen LogP contribution in [0.1, 0.15) is 11.6 Å². The first-order valence-electron chi connectivity index (χ1n) is 5.61. The van der Waals surface area contributed by atoms with Crippen molar-refractivity contribution in [3.8, 4) is 0 Å². The molecule has 1 heterocycles. The van der Waals surface area contributed by atoms with Gasteiger partial charge in [-0.15, -0.1) is 0 Å².